The molecule has 0 aliphatic carbocycles. The summed E-state index contributed by atoms with van der Waals surface area (Å²) in [5, 5.41) is 29.1. The Morgan fingerprint density at radius 3 is 2.40 bits per heavy atom. The molecule has 320 valence electrons. The van der Waals surface area contributed by atoms with Crippen LogP contribution in [0.15, 0.2) is 47.5 Å². The van der Waals surface area contributed by atoms with Crippen LogP contribution in [0.1, 0.15) is 64.4 Å². The first kappa shape index (κ1) is 45.8. The van der Waals surface area contributed by atoms with Crippen LogP contribution in [0.2, 0.25) is 0 Å². The number of amides is 4. The number of unbranched alkanes of at least 4 members (excludes halogenated alkanes) is 1. The first-order valence-electron chi connectivity index (χ1n) is 20.3. The number of aliphatic hydroxyl groups excluding tert-OH is 1. The molecule has 58 heavy (non-hydrogen) atoms. The summed E-state index contributed by atoms with van der Waals surface area (Å²) in [5.74, 6) is -2.65. The number of carbonyl (C=O) groups excluding carboxylic acids is 4. The van der Waals surface area contributed by atoms with E-state index in [2.05, 4.69) is 15.6 Å². The molecule has 18 nitrogen and oxygen atoms in total. The van der Waals surface area contributed by atoms with Gasteiger partial charge in [0.05, 0.1) is 50.4 Å². The Morgan fingerprint density at radius 1 is 0.966 bits per heavy atom. The largest absolute Gasteiger partial charge is 0.390 e. The van der Waals surface area contributed by atoms with Gasteiger partial charge >= 0.3 is 0 Å². The van der Waals surface area contributed by atoms with Crippen molar-refractivity contribution in [3.8, 4) is 0 Å². The average Bonchev–Trinajstić information content (AvgIpc) is 3.19. The van der Waals surface area contributed by atoms with Crippen LogP contribution in [0.4, 0.5) is 0 Å². The molecule has 2 aliphatic rings. The van der Waals surface area contributed by atoms with Crippen LogP contribution in [0.25, 0.3) is 10.8 Å². The van der Waals surface area contributed by atoms with Crippen LogP contribution in [0.5, 0.6) is 0 Å². The van der Waals surface area contributed by atoms with Gasteiger partial charge < -0.3 is 46.5 Å². The SMILES string of the molecule is CC(C)CC(NC(=O)C(CCCCN=C(N)N[N+](=O)[O-])NC(=O)C(CC(=O)N1CCOCC1)Cc1cccc2ccccc12)[C@@H](O)CC(=O)N1CCOC(CCN)C1. The number of hydrogen-bond donors (Lipinski definition) is 6. The molecule has 2 aromatic rings. The molecule has 5 atom stereocenters. The quantitative estimate of drug-likeness (QED) is 0.0338. The van der Waals surface area contributed by atoms with E-state index in [9.17, 15) is 34.4 Å². The van der Waals surface area contributed by atoms with Crippen molar-refractivity contribution in [3.05, 3.63) is 58.1 Å². The fraction of sp³-hybridized carbons (Fsp3) is 0.625. The van der Waals surface area contributed by atoms with Gasteiger partial charge in [-0.3, -0.25) is 19.2 Å². The highest BCUT2D eigenvalue weighted by Crippen LogP contribution is 2.24. The summed E-state index contributed by atoms with van der Waals surface area (Å²) in [4.78, 5) is 73.5. The highest BCUT2D eigenvalue weighted by atomic mass is 16.7. The number of fused-ring (bicyclic) bond motifs is 1. The number of aliphatic hydroxyl groups is 1. The number of aliphatic imine (C=N–C) groups is 1. The molecule has 0 spiro atoms. The minimum atomic E-state index is -1.22. The zero-order valence-electron chi connectivity index (χ0n) is 33.7. The molecule has 0 aromatic heterocycles. The van der Waals surface area contributed by atoms with Crippen molar-refractivity contribution in [2.45, 2.75) is 89.5 Å². The van der Waals surface area contributed by atoms with Gasteiger partial charge in [-0.25, -0.2) is 15.1 Å². The Bertz CT molecular complexity index is 1700. The number of nitrogens with zero attached hydrogens (tertiary/aromatic N) is 4. The highest BCUT2D eigenvalue weighted by molar-refractivity contribution is 5.92. The third-order valence-electron chi connectivity index (χ3n) is 10.4. The number of benzene rings is 2. The number of guanidine groups is 1. The van der Waals surface area contributed by atoms with E-state index in [-0.39, 0.29) is 62.0 Å². The van der Waals surface area contributed by atoms with Gasteiger partial charge in [0, 0.05) is 39.1 Å². The van der Waals surface area contributed by atoms with Crippen LogP contribution in [-0.4, -0.2) is 133 Å². The van der Waals surface area contributed by atoms with Crippen molar-refractivity contribution < 1.29 is 38.8 Å². The van der Waals surface area contributed by atoms with Gasteiger partial charge in [-0.15, -0.1) is 0 Å². The number of hydrazine groups is 1. The third kappa shape index (κ3) is 14.8. The lowest BCUT2D eigenvalue weighted by Gasteiger charge is -2.34. The van der Waals surface area contributed by atoms with E-state index in [1.165, 1.54) is 0 Å². The first-order chi connectivity index (χ1) is 27.8. The van der Waals surface area contributed by atoms with E-state index in [0.29, 0.717) is 78.2 Å². The molecule has 0 radical (unpaired) electrons. The molecule has 2 aliphatic heterocycles. The number of nitrogens with one attached hydrogen (secondary N) is 3. The van der Waals surface area contributed by atoms with Crippen LogP contribution in [0, 0.1) is 22.0 Å². The Balaban J connectivity index is 1.54. The number of carbonyl (C=O) groups is 4. The van der Waals surface area contributed by atoms with Gasteiger partial charge in [0.2, 0.25) is 23.6 Å². The second-order valence-electron chi connectivity index (χ2n) is 15.4. The molecule has 2 fully saturated rings. The molecule has 0 bridgehead atoms. The normalized spacial score (nSPS) is 18.3. The van der Waals surface area contributed by atoms with Crippen molar-refractivity contribution >= 4 is 40.4 Å². The molecule has 18 heteroatoms. The predicted molar refractivity (Wildman–Crippen MR) is 218 cm³/mol. The molecule has 8 N–H and O–H groups in total. The Labute approximate surface area is 339 Å². The molecule has 0 saturated carbocycles. The van der Waals surface area contributed by atoms with E-state index in [1.807, 2.05) is 56.3 Å². The number of ether oxygens (including phenoxy) is 2. The van der Waals surface area contributed by atoms with Gasteiger partial charge in [-0.1, -0.05) is 61.7 Å². The molecular formula is C40H61N9O9. The monoisotopic (exact) mass is 811 g/mol. The Hall–Kier alpha value is -4.91. The first-order valence-corrected chi connectivity index (χ1v) is 20.3. The summed E-state index contributed by atoms with van der Waals surface area (Å²) in [6.45, 7) is 7.18. The van der Waals surface area contributed by atoms with Crippen molar-refractivity contribution in [1.82, 2.24) is 25.9 Å². The maximum absolute atomic E-state index is 14.4. The summed E-state index contributed by atoms with van der Waals surface area (Å²) < 4.78 is 11.1. The van der Waals surface area contributed by atoms with Crippen LogP contribution in [0.3, 0.4) is 0 Å². The van der Waals surface area contributed by atoms with Crippen molar-refractivity contribution in [2.24, 2.45) is 28.3 Å². The molecule has 4 amide bonds. The van der Waals surface area contributed by atoms with Gasteiger partial charge in [-0.05, 0) is 67.3 Å². The molecule has 2 heterocycles. The number of rotatable bonds is 21. The average molecular weight is 812 g/mol. The second-order valence-corrected chi connectivity index (χ2v) is 15.4. The van der Waals surface area contributed by atoms with Gasteiger partial charge in [-0.2, -0.15) is 0 Å². The van der Waals surface area contributed by atoms with Gasteiger partial charge in [0.15, 0.2) is 5.03 Å². The minimum absolute atomic E-state index is 0.0350. The summed E-state index contributed by atoms with van der Waals surface area (Å²) in [6, 6.07) is 11.7. The zero-order valence-corrected chi connectivity index (χ0v) is 33.7. The van der Waals surface area contributed by atoms with E-state index in [1.54, 1.807) is 15.2 Å². The summed E-state index contributed by atoms with van der Waals surface area (Å²) in [6.07, 6.45) is 0.368. The fourth-order valence-electron chi connectivity index (χ4n) is 7.35. The van der Waals surface area contributed by atoms with Crippen molar-refractivity contribution in [2.75, 3.05) is 59.1 Å². The molecule has 4 rings (SSSR count). The standard InChI is InChI=1S/C40H61N9O9/c1-27(2)22-34(35(50)25-37(52)48-18-21-58-31(26-48)13-14-41)45-39(54)33(12-5-6-15-43-40(42)46-49(55)56)44-38(53)30(24-36(51)47-16-19-57-20-17-47)23-29-10-7-9-28-8-3-4-11-32(28)29/h3-4,7-11,27,30-31,33-35,50H,5-6,12-26,41H2,1-2H3,(H,44,53)(H,45,54)(H3,42,43,46)/t30?,31?,33?,34?,35-/m0/s1. The molecule has 4 unspecified atom stereocenters. The minimum Gasteiger partial charge on any atom is -0.390 e. The van der Waals surface area contributed by atoms with Crippen molar-refractivity contribution in [1.29, 1.82) is 0 Å². The third-order valence-corrected chi connectivity index (χ3v) is 10.4. The number of morpholine rings is 2. The second kappa shape index (κ2) is 23.5. The lowest BCUT2D eigenvalue weighted by Crippen LogP contribution is -2.55. The smallest absolute Gasteiger partial charge is 0.251 e. The number of nitrogens with two attached hydrogens (primary N) is 2. The van der Waals surface area contributed by atoms with Crippen LogP contribution >= 0.6 is 0 Å². The highest BCUT2D eigenvalue weighted by Gasteiger charge is 2.33. The molecule has 2 aromatic carbocycles. The van der Waals surface area contributed by atoms with E-state index in [4.69, 9.17) is 20.9 Å². The van der Waals surface area contributed by atoms with Crippen molar-refractivity contribution in [3.63, 3.8) is 0 Å². The van der Waals surface area contributed by atoms with E-state index in [0.717, 1.165) is 16.3 Å². The van der Waals surface area contributed by atoms with Crippen LogP contribution < -0.4 is 27.5 Å². The molecular weight excluding hydrogens is 750 g/mol. The lowest BCUT2D eigenvalue weighted by molar-refractivity contribution is -0.525. The summed E-state index contributed by atoms with van der Waals surface area (Å²) in [7, 11) is 0. The summed E-state index contributed by atoms with van der Waals surface area (Å²) in [5.41, 5.74) is 13.9. The van der Waals surface area contributed by atoms with Gasteiger partial charge in [0.25, 0.3) is 5.96 Å². The zero-order chi connectivity index (χ0) is 42.0. The van der Waals surface area contributed by atoms with E-state index >= 15 is 0 Å². The van der Waals surface area contributed by atoms with Crippen LogP contribution in [-0.2, 0) is 35.1 Å². The number of nitro groups is 1. The van der Waals surface area contributed by atoms with E-state index < -0.39 is 41.0 Å². The molecule has 2 saturated heterocycles. The summed E-state index contributed by atoms with van der Waals surface area (Å²) >= 11 is 0. The maximum Gasteiger partial charge on any atom is 0.251 e. The maximum atomic E-state index is 14.4. The lowest BCUT2D eigenvalue weighted by atomic mass is 9.91. The fourth-order valence-corrected chi connectivity index (χ4v) is 7.35. The predicted octanol–water partition coefficient (Wildman–Crippen LogP) is 0.857. The van der Waals surface area contributed by atoms with Gasteiger partial charge in [0.1, 0.15) is 6.04 Å². The number of hydrogen-bond acceptors (Lipinski definition) is 11. The topological polar surface area (TPSA) is 257 Å². The Kier molecular flexibility index (Phi) is 18.5. The Morgan fingerprint density at radius 2 is 1.67 bits per heavy atom.